The van der Waals surface area contributed by atoms with Crippen molar-refractivity contribution < 1.29 is 10.2 Å². The Bertz CT molecular complexity index is 83.8. The molecule has 0 aromatic carbocycles. The lowest BCUT2D eigenvalue weighted by Crippen LogP contribution is -2.43. The van der Waals surface area contributed by atoms with Crippen molar-refractivity contribution in [1.29, 1.82) is 0 Å². The van der Waals surface area contributed by atoms with Crippen LogP contribution in [0, 0.1) is 0 Å². The lowest BCUT2D eigenvalue weighted by atomic mass is 9.96. The maximum absolute atomic E-state index is 8.58. The van der Waals surface area contributed by atoms with Crippen LogP contribution in [-0.2, 0) is 0 Å². The van der Waals surface area contributed by atoms with E-state index in [1.807, 2.05) is 0 Å². The van der Waals surface area contributed by atoms with Crippen LogP contribution in [0.4, 0.5) is 0 Å². The molecule has 0 spiro atoms. The van der Waals surface area contributed by atoms with Gasteiger partial charge in [-0.1, -0.05) is 15.9 Å². The van der Waals surface area contributed by atoms with Gasteiger partial charge in [0, 0.05) is 24.1 Å². The zero-order valence-corrected chi connectivity index (χ0v) is 7.47. The van der Waals surface area contributed by atoms with Crippen LogP contribution in [0.25, 0.3) is 0 Å². The molecule has 0 rings (SSSR count). The summed E-state index contributed by atoms with van der Waals surface area (Å²) in [6.07, 6.45) is 1.05. The van der Waals surface area contributed by atoms with E-state index in [2.05, 4.69) is 15.9 Å². The molecule has 0 radical (unpaired) electrons. The third-order valence-electron chi connectivity index (χ3n) is 1.49. The molecule has 0 atom stereocenters. The summed E-state index contributed by atoms with van der Waals surface area (Å²) in [5.74, 6) is 0. The summed E-state index contributed by atoms with van der Waals surface area (Å²) in [6.45, 7) is 0.143. The fourth-order valence-corrected chi connectivity index (χ4v) is 1.26. The van der Waals surface area contributed by atoms with Gasteiger partial charge in [-0.2, -0.15) is 0 Å². The highest BCUT2D eigenvalue weighted by Gasteiger charge is 2.21. The molecule has 0 aromatic rings. The molecule has 4 N–H and O–H groups in total. The lowest BCUT2D eigenvalue weighted by Gasteiger charge is -2.25. The second-order valence-electron chi connectivity index (χ2n) is 2.44. The minimum atomic E-state index is -0.441. The molecule has 0 aliphatic carbocycles. The number of aliphatic hydroxyl groups excluding tert-OH is 2. The van der Waals surface area contributed by atoms with E-state index in [-0.39, 0.29) is 13.2 Å². The Morgan fingerprint density at radius 2 is 1.60 bits per heavy atom. The zero-order valence-electron chi connectivity index (χ0n) is 5.89. The van der Waals surface area contributed by atoms with E-state index in [9.17, 15) is 0 Å². The topological polar surface area (TPSA) is 66.5 Å². The minimum absolute atomic E-state index is 0.0715. The van der Waals surface area contributed by atoms with Gasteiger partial charge in [0.05, 0.1) is 0 Å². The van der Waals surface area contributed by atoms with Gasteiger partial charge in [-0.15, -0.1) is 0 Å². The number of alkyl halides is 1. The third kappa shape index (κ3) is 3.51. The molecule has 0 aliphatic heterocycles. The minimum Gasteiger partial charge on any atom is -0.396 e. The standard InChI is InChI=1S/C6H14BrNO2/c7-5-6(8,1-3-9)2-4-10/h9-10H,1-5,8H2. The fraction of sp³-hybridized carbons (Fsp3) is 1.00. The van der Waals surface area contributed by atoms with Crippen LogP contribution in [0.2, 0.25) is 0 Å². The summed E-state index contributed by atoms with van der Waals surface area (Å²) in [5, 5.41) is 17.8. The highest BCUT2D eigenvalue weighted by atomic mass is 79.9. The molecular formula is C6H14BrNO2. The summed E-state index contributed by atoms with van der Waals surface area (Å²) in [6, 6.07) is 0. The number of aliphatic hydroxyl groups is 2. The van der Waals surface area contributed by atoms with Crippen LogP contribution in [0.1, 0.15) is 12.8 Å². The van der Waals surface area contributed by atoms with Gasteiger partial charge in [0.2, 0.25) is 0 Å². The van der Waals surface area contributed by atoms with Crippen molar-refractivity contribution in [2.75, 3.05) is 18.5 Å². The number of hydrogen-bond donors (Lipinski definition) is 3. The molecule has 0 heterocycles. The summed E-state index contributed by atoms with van der Waals surface area (Å²) in [5.41, 5.74) is 5.31. The van der Waals surface area contributed by atoms with E-state index in [4.69, 9.17) is 15.9 Å². The smallest absolute Gasteiger partial charge is 0.0448 e. The third-order valence-corrected chi connectivity index (χ3v) is 2.60. The molecule has 0 aromatic heterocycles. The van der Waals surface area contributed by atoms with E-state index in [0.29, 0.717) is 18.2 Å². The SMILES string of the molecule is NC(CBr)(CCO)CCO. The molecule has 0 amide bonds. The average Bonchev–Trinajstić information content (AvgIpc) is 1.89. The molecule has 0 fully saturated rings. The maximum atomic E-state index is 8.58. The van der Waals surface area contributed by atoms with E-state index < -0.39 is 5.54 Å². The van der Waals surface area contributed by atoms with Gasteiger partial charge in [-0.3, -0.25) is 0 Å². The summed E-state index contributed by atoms with van der Waals surface area (Å²) < 4.78 is 0. The molecule has 4 heteroatoms. The normalized spacial score (nSPS) is 12.0. The van der Waals surface area contributed by atoms with Gasteiger partial charge in [0.1, 0.15) is 0 Å². The van der Waals surface area contributed by atoms with Crippen LogP contribution in [-0.4, -0.2) is 34.3 Å². The van der Waals surface area contributed by atoms with E-state index in [1.54, 1.807) is 0 Å². The van der Waals surface area contributed by atoms with Crippen LogP contribution < -0.4 is 5.73 Å². The fourth-order valence-electron chi connectivity index (χ4n) is 0.704. The highest BCUT2D eigenvalue weighted by molar-refractivity contribution is 9.09. The first-order valence-electron chi connectivity index (χ1n) is 3.25. The van der Waals surface area contributed by atoms with E-state index >= 15 is 0 Å². The first-order valence-corrected chi connectivity index (χ1v) is 4.37. The van der Waals surface area contributed by atoms with Gasteiger partial charge in [0.15, 0.2) is 0 Å². The van der Waals surface area contributed by atoms with Crippen molar-refractivity contribution in [3.63, 3.8) is 0 Å². The Balaban J connectivity index is 3.69. The number of halogens is 1. The van der Waals surface area contributed by atoms with Gasteiger partial charge < -0.3 is 15.9 Å². The van der Waals surface area contributed by atoms with Crippen LogP contribution in [0.15, 0.2) is 0 Å². The molecular weight excluding hydrogens is 198 g/mol. The molecule has 0 bridgehead atoms. The molecule has 0 aliphatic rings. The van der Waals surface area contributed by atoms with Crippen molar-refractivity contribution in [1.82, 2.24) is 0 Å². The Labute approximate surface area is 69.4 Å². The van der Waals surface area contributed by atoms with Crippen molar-refractivity contribution in [3.8, 4) is 0 Å². The molecule has 0 saturated heterocycles. The van der Waals surface area contributed by atoms with Crippen molar-refractivity contribution >= 4 is 15.9 Å². The number of rotatable bonds is 5. The Kier molecular flexibility index (Phi) is 5.25. The second kappa shape index (κ2) is 5.07. The molecule has 10 heavy (non-hydrogen) atoms. The Morgan fingerprint density at radius 3 is 1.80 bits per heavy atom. The number of hydrogen-bond acceptors (Lipinski definition) is 3. The zero-order chi connectivity index (χ0) is 8.04. The summed E-state index contributed by atoms with van der Waals surface area (Å²) >= 11 is 3.23. The highest BCUT2D eigenvalue weighted by Crippen LogP contribution is 2.13. The monoisotopic (exact) mass is 211 g/mol. The predicted octanol–water partition coefficient (Wildman–Crippen LogP) is -0.156. The number of nitrogens with two attached hydrogens (primary N) is 1. The quantitative estimate of drug-likeness (QED) is 0.555. The first-order chi connectivity index (χ1) is 4.68. The largest absolute Gasteiger partial charge is 0.396 e. The summed E-state index contributed by atoms with van der Waals surface area (Å²) in [7, 11) is 0. The van der Waals surface area contributed by atoms with Crippen molar-refractivity contribution in [2.24, 2.45) is 5.73 Å². The van der Waals surface area contributed by atoms with Gasteiger partial charge in [0.25, 0.3) is 0 Å². The molecule has 62 valence electrons. The molecule has 0 saturated carbocycles. The van der Waals surface area contributed by atoms with Crippen LogP contribution in [0.5, 0.6) is 0 Å². The lowest BCUT2D eigenvalue weighted by molar-refractivity contribution is 0.206. The Hall–Kier alpha value is 0.360. The van der Waals surface area contributed by atoms with Crippen LogP contribution in [0.3, 0.4) is 0 Å². The second-order valence-corrected chi connectivity index (χ2v) is 3.00. The average molecular weight is 212 g/mol. The molecule has 0 unspecified atom stereocenters. The van der Waals surface area contributed by atoms with Crippen molar-refractivity contribution in [2.45, 2.75) is 18.4 Å². The van der Waals surface area contributed by atoms with Gasteiger partial charge >= 0.3 is 0 Å². The maximum Gasteiger partial charge on any atom is 0.0448 e. The van der Waals surface area contributed by atoms with E-state index in [0.717, 1.165) is 0 Å². The predicted molar refractivity (Wildman–Crippen MR) is 44.1 cm³/mol. The van der Waals surface area contributed by atoms with E-state index in [1.165, 1.54) is 0 Å². The van der Waals surface area contributed by atoms with Crippen molar-refractivity contribution in [3.05, 3.63) is 0 Å². The van der Waals surface area contributed by atoms with Gasteiger partial charge in [-0.05, 0) is 12.8 Å². The Morgan fingerprint density at radius 1 is 1.20 bits per heavy atom. The first kappa shape index (κ1) is 10.4. The molecule has 3 nitrogen and oxygen atoms in total. The summed E-state index contributed by atoms with van der Waals surface area (Å²) in [4.78, 5) is 0. The van der Waals surface area contributed by atoms with Gasteiger partial charge in [-0.25, -0.2) is 0 Å². The van der Waals surface area contributed by atoms with Crippen LogP contribution >= 0.6 is 15.9 Å².